The number of hydrogen-bond acceptors (Lipinski definition) is 6. The SMILES string of the molecule is Cc1cc(Oc2ccc(N)cc2C#N)n2ncnc2n1. The molecule has 0 bridgehead atoms. The molecule has 0 aliphatic carbocycles. The predicted octanol–water partition coefficient (Wildman–Crippen LogP) is 1.68. The molecular weight excluding hydrogens is 256 g/mol. The zero-order valence-corrected chi connectivity index (χ0v) is 10.6. The van der Waals surface area contributed by atoms with Crippen LogP contribution in [0.3, 0.4) is 0 Å². The summed E-state index contributed by atoms with van der Waals surface area (Å²) in [5, 5.41) is 13.2. The minimum atomic E-state index is 0.354. The van der Waals surface area contributed by atoms with E-state index in [1.165, 1.54) is 10.8 Å². The van der Waals surface area contributed by atoms with E-state index in [-0.39, 0.29) is 0 Å². The van der Waals surface area contributed by atoms with Crippen molar-refractivity contribution in [3.63, 3.8) is 0 Å². The van der Waals surface area contributed by atoms with Crippen molar-refractivity contribution < 1.29 is 4.74 Å². The van der Waals surface area contributed by atoms with Gasteiger partial charge in [0.2, 0.25) is 5.88 Å². The normalized spacial score (nSPS) is 10.4. The number of nitrogens with zero attached hydrogens (tertiary/aromatic N) is 5. The van der Waals surface area contributed by atoms with E-state index in [4.69, 9.17) is 15.7 Å². The predicted molar refractivity (Wildman–Crippen MR) is 71.2 cm³/mol. The van der Waals surface area contributed by atoms with Gasteiger partial charge in [0, 0.05) is 17.4 Å². The second kappa shape index (κ2) is 4.51. The van der Waals surface area contributed by atoms with Gasteiger partial charge in [-0.05, 0) is 25.1 Å². The van der Waals surface area contributed by atoms with E-state index in [0.717, 1.165) is 5.69 Å². The fraction of sp³-hybridized carbons (Fsp3) is 0.0769. The lowest BCUT2D eigenvalue weighted by atomic mass is 10.2. The molecule has 2 aromatic heterocycles. The molecule has 0 amide bonds. The van der Waals surface area contributed by atoms with Crippen molar-refractivity contribution in [1.82, 2.24) is 19.6 Å². The molecular formula is C13H10N6O. The van der Waals surface area contributed by atoms with Crippen LogP contribution in [-0.4, -0.2) is 19.6 Å². The summed E-state index contributed by atoms with van der Waals surface area (Å²) in [4.78, 5) is 8.23. The van der Waals surface area contributed by atoms with Gasteiger partial charge >= 0.3 is 0 Å². The van der Waals surface area contributed by atoms with Crippen molar-refractivity contribution in [3.8, 4) is 17.7 Å². The first kappa shape index (κ1) is 11.9. The third-order valence-electron chi connectivity index (χ3n) is 2.69. The molecule has 20 heavy (non-hydrogen) atoms. The highest BCUT2D eigenvalue weighted by atomic mass is 16.5. The van der Waals surface area contributed by atoms with Crippen LogP contribution in [0.4, 0.5) is 5.69 Å². The summed E-state index contributed by atoms with van der Waals surface area (Å²) >= 11 is 0. The standard InChI is InChI=1S/C13H10N6O/c1-8-4-12(19-13(18-8)16-7-17-19)20-11-3-2-10(15)5-9(11)6-14/h2-5,7H,15H2,1H3. The number of hydrogen-bond donors (Lipinski definition) is 1. The van der Waals surface area contributed by atoms with Gasteiger partial charge in [0.05, 0.1) is 5.56 Å². The van der Waals surface area contributed by atoms with Crippen LogP contribution >= 0.6 is 0 Å². The third kappa shape index (κ3) is 1.99. The number of aryl methyl sites for hydroxylation is 1. The Morgan fingerprint density at radius 3 is 3.00 bits per heavy atom. The summed E-state index contributed by atoms with van der Waals surface area (Å²) in [6, 6.07) is 8.64. The molecule has 3 aromatic rings. The molecule has 0 saturated carbocycles. The number of aromatic nitrogens is 4. The molecule has 1 aromatic carbocycles. The number of anilines is 1. The van der Waals surface area contributed by atoms with Gasteiger partial charge < -0.3 is 10.5 Å². The Labute approximate surface area is 114 Å². The lowest BCUT2D eigenvalue weighted by Crippen LogP contribution is -2.00. The van der Waals surface area contributed by atoms with Gasteiger partial charge in [0.15, 0.2) is 0 Å². The second-order valence-electron chi connectivity index (χ2n) is 4.18. The zero-order chi connectivity index (χ0) is 14.1. The van der Waals surface area contributed by atoms with Crippen molar-refractivity contribution in [3.05, 3.63) is 41.9 Å². The molecule has 7 heteroatoms. The molecule has 0 fully saturated rings. The molecule has 98 valence electrons. The topological polar surface area (TPSA) is 102 Å². The smallest absolute Gasteiger partial charge is 0.255 e. The first-order chi connectivity index (χ1) is 9.67. The molecule has 2 N–H and O–H groups in total. The fourth-order valence-corrected chi connectivity index (χ4v) is 1.81. The molecule has 0 aliphatic rings. The lowest BCUT2D eigenvalue weighted by Gasteiger charge is -2.09. The molecule has 2 heterocycles. The highest BCUT2D eigenvalue weighted by molar-refractivity contribution is 5.54. The van der Waals surface area contributed by atoms with E-state index in [9.17, 15) is 0 Å². The Morgan fingerprint density at radius 2 is 2.20 bits per heavy atom. The fourth-order valence-electron chi connectivity index (χ4n) is 1.81. The van der Waals surface area contributed by atoms with Crippen LogP contribution in [0.5, 0.6) is 11.6 Å². The monoisotopic (exact) mass is 266 g/mol. The molecule has 0 radical (unpaired) electrons. The van der Waals surface area contributed by atoms with Gasteiger partial charge in [-0.25, -0.2) is 4.98 Å². The van der Waals surface area contributed by atoms with Crippen LogP contribution in [0.25, 0.3) is 5.78 Å². The number of nitrogen functional groups attached to an aromatic ring is 1. The summed E-state index contributed by atoms with van der Waals surface area (Å²) in [6.45, 7) is 1.83. The van der Waals surface area contributed by atoms with E-state index in [1.807, 2.05) is 13.0 Å². The highest BCUT2D eigenvalue weighted by Crippen LogP contribution is 2.26. The van der Waals surface area contributed by atoms with E-state index >= 15 is 0 Å². The van der Waals surface area contributed by atoms with Gasteiger partial charge in [-0.3, -0.25) is 0 Å². The third-order valence-corrected chi connectivity index (χ3v) is 2.69. The molecule has 0 atom stereocenters. The second-order valence-corrected chi connectivity index (χ2v) is 4.18. The first-order valence-electron chi connectivity index (χ1n) is 5.82. The van der Waals surface area contributed by atoms with Gasteiger partial charge in [-0.2, -0.15) is 19.9 Å². The van der Waals surface area contributed by atoms with Crippen LogP contribution in [-0.2, 0) is 0 Å². The van der Waals surface area contributed by atoms with Crippen LogP contribution in [0.1, 0.15) is 11.3 Å². The van der Waals surface area contributed by atoms with Crippen LogP contribution in [0.2, 0.25) is 0 Å². The van der Waals surface area contributed by atoms with Gasteiger partial charge in [-0.15, -0.1) is 0 Å². The van der Waals surface area contributed by atoms with Crippen molar-refractivity contribution in [2.24, 2.45) is 0 Å². The largest absolute Gasteiger partial charge is 0.437 e. The van der Waals surface area contributed by atoms with Crippen LogP contribution < -0.4 is 10.5 Å². The molecule has 3 rings (SSSR count). The van der Waals surface area contributed by atoms with E-state index in [0.29, 0.717) is 28.7 Å². The van der Waals surface area contributed by atoms with Gasteiger partial charge in [0.1, 0.15) is 18.1 Å². The molecule has 7 nitrogen and oxygen atoms in total. The Bertz CT molecular complexity index is 832. The van der Waals surface area contributed by atoms with Gasteiger partial charge in [0.25, 0.3) is 5.78 Å². The maximum Gasteiger partial charge on any atom is 0.255 e. The number of rotatable bonds is 2. The van der Waals surface area contributed by atoms with Crippen molar-refractivity contribution in [2.75, 3.05) is 5.73 Å². The Kier molecular flexibility index (Phi) is 2.69. The quantitative estimate of drug-likeness (QED) is 0.708. The Morgan fingerprint density at radius 1 is 1.35 bits per heavy atom. The zero-order valence-electron chi connectivity index (χ0n) is 10.6. The van der Waals surface area contributed by atoms with E-state index < -0.39 is 0 Å². The molecule has 0 spiro atoms. The van der Waals surface area contributed by atoms with Crippen molar-refractivity contribution in [2.45, 2.75) is 6.92 Å². The summed E-state index contributed by atoms with van der Waals surface area (Å²) in [5.74, 6) is 1.28. The maximum atomic E-state index is 9.12. The molecule has 0 aliphatic heterocycles. The molecule has 0 unspecified atom stereocenters. The van der Waals surface area contributed by atoms with Crippen molar-refractivity contribution in [1.29, 1.82) is 5.26 Å². The number of nitriles is 1. The Balaban J connectivity index is 2.10. The average molecular weight is 266 g/mol. The maximum absolute atomic E-state index is 9.12. The minimum Gasteiger partial charge on any atom is -0.437 e. The lowest BCUT2D eigenvalue weighted by molar-refractivity contribution is 0.444. The van der Waals surface area contributed by atoms with Gasteiger partial charge in [-0.1, -0.05) is 0 Å². The number of nitrogens with two attached hydrogens (primary N) is 1. The highest BCUT2D eigenvalue weighted by Gasteiger charge is 2.10. The van der Waals surface area contributed by atoms with Crippen LogP contribution in [0.15, 0.2) is 30.6 Å². The first-order valence-corrected chi connectivity index (χ1v) is 5.82. The summed E-state index contributed by atoms with van der Waals surface area (Å²) in [7, 11) is 0. The molecule has 0 saturated heterocycles. The van der Waals surface area contributed by atoms with Crippen molar-refractivity contribution >= 4 is 11.5 Å². The number of fused-ring (bicyclic) bond motifs is 1. The summed E-state index contributed by atoms with van der Waals surface area (Å²) in [6.07, 6.45) is 1.39. The summed E-state index contributed by atoms with van der Waals surface area (Å²) < 4.78 is 7.21. The van der Waals surface area contributed by atoms with E-state index in [1.54, 1.807) is 24.3 Å². The number of ether oxygens (including phenoxy) is 1. The van der Waals surface area contributed by atoms with E-state index in [2.05, 4.69) is 15.1 Å². The average Bonchev–Trinajstić information content (AvgIpc) is 2.88. The minimum absolute atomic E-state index is 0.354. The number of benzene rings is 1. The summed E-state index contributed by atoms with van der Waals surface area (Å²) in [5.41, 5.74) is 7.25. The Hall–Kier alpha value is -3.14. The van der Waals surface area contributed by atoms with Crippen LogP contribution in [0, 0.1) is 18.3 Å².